The summed E-state index contributed by atoms with van der Waals surface area (Å²) in [6.45, 7) is 18.5. The fraction of sp³-hybridized carbons (Fsp3) is 0.538. The van der Waals surface area contributed by atoms with Crippen LogP contribution < -0.4 is 0 Å². The molecule has 0 aromatic heterocycles. The lowest BCUT2D eigenvalue weighted by Gasteiger charge is -2.40. The van der Waals surface area contributed by atoms with E-state index in [-0.39, 0.29) is 0 Å². The molecule has 28 heavy (non-hydrogen) atoms. The molecule has 0 bridgehead atoms. The molecule has 1 fully saturated rings. The number of hydrogen-bond donors (Lipinski definition) is 0. The summed E-state index contributed by atoms with van der Waals surface area (Å²) < 4.78 is 0. The maximum atomic E-state index is 2.65. The highest BCUT2D eigenvalue weighted by Crippen LogP contribution is 2.29. The molecule has 1 aliphatic rings. The largest absolute Gasteiger partial charge is 0.301 e. The highest BCUT2D eigenvalue weighted by Gasteiger charge is 2.26. The van der Waals surface area contributed by atoms with Crippen LogP contribution in [0, 0.1) is 5.92 Å². The first kappa shape index (κ1) is 24.4. The molecular formula is C26H42N2. The number of rotatable bonds is 6. The van der Waals surface area contributed by atoms with E-state index in [1.807, 2.05) is 27.7 Å². The molecule has 0 atom stereocenters. The summed E-state index contributed by atoms with van der Waals surface area (Å²) in [4.78, 5) is 5.28. The monoisotopic (exact) mass is 382 g/mol. The van der Waals surface area contributed by atoms with E-state index in [9.17, 15) is 0 Å². The van der Waals surface area contributed by atoms with Gasteiger partial charge in [0.25, 0.3) is 0 Å². The van der Waals surface area contributed by atoms with Crippen LogP contribution >= 0.6 is 0 Å². The first-order chi connectivity index (χ1) is 13.7. The van der Waals surface area contributed by atoms with Crippen molar-refractivity contribution in [3.63, 3.8) is 0 Å². The van der Waals surface area contributed by atoms with E-state index in [0.717, 1.165) is 19.0 Å². The highest BCUT2D eigenvalue weighted by atomic mass is 15.3. The van der Waals surface area contributed by atoms with E-state index in [1.54, 1.807) is 0 Å². The van der Waals surface area contributed by atoms with Crippen LogP contribution in [-0.2, 0) is 0 Å². The summed E-state index contributed by atoms with van der Waals surface area (Å²) in [6, 6.07) is 22.3. The molecule has 1 saturated heterocycles. The zero-order chi connectivity index (χ0) is 20.8. The van der Waals surface area contributed by atoms with Gasteiger partial charge < -0.3 is 4.90 Å². The zero-order valence-corrected chi connectivity index (χ0v) is 19.1. The summed E-state index contributed by atoms with van der Waals surface area (Å²) in [5.74, 6) is 0.796. The Morgan fingerprint density at radius 2 is 1.11 bits per heavy atom. The summed E-state index contributed by atoms with van der Waals surface area (Å²) in [6.07, 6.45) is 1.31. The van der Waals surface area contributed by atoms with Crippen LogP contribution in [0.5, 0.6) is 0 Å². The van der Waals surface area contributed by atoms with Crippen molar-refractivity contribution in [2.75, 3.05) is 32.7 Å². The Hall–Kier alpha value is -1.64. The fourth-order valence-electron chi connectivity index (χ4n) is 3.57. The van der Waals surface area contributed by atoms with Gasteiger partial charge in [-0.3, -0.25) is 4.90 Å². The van der Waals surface area contributed by atoms with Gasteiger partial charge in [0.05, 0.1) is 6.04 Å². The van der Waals surface area contributed by atoms with Crippen molar-refractivity contribution in [1.29, 1.82) is 0 Å². The summed E-state index contributed by atoms with van der Waals surface area (Å²) >= 11 is 0. The van der Waals surface area contributed by atoms with Crippen LogP contribution in [0.25, 0.3) is 0 Å². The van der Waals surface area contributed by atoms with Gasteiger partial charge >= 0.3 is 0 Å². The second kappa shape index (κ2) is 14.4. The summed E-state index contributed by atoms with van der Waals surface area (Å²) in [5, 5.41) is 0. The zero-order valence-electron chi connectivity index (χ0n) is 19.1. The minimum atomic E-state index is 0.375. The lowest BCUT2D eigenvalue weighted by Crippen LogP contribution is -2.48. The molecule has 0 aliphatic carbocycles. The molecule has 0 unspecified atom stereocenters. The van der Waals surface area contributed by atoms with Gasteiger partial charge in [0.1, 0.15) is 0 Å². The minimum Gasteiger partial charge on any atom is -0.301 e. The van der Waals surface area contributed by atoms with E-state index >= 15 is 0 Å². The molecule has 0 N–H and O–H groups in total. The van der Waals surface area contributed by atoms with Gasteiger partial charge in [-0.15, -0.1) is 0 Å². The van der Waals surface area contributed by atoms with E-state index in [4.69, 9.17) is 0 Å². The molecule has 3 rings (SSSR count). The van der Waals surface area contributed by atoms with Gasteiger partial charge in [0.15, 0.2) is 0 Å². The quantitative estimate of drug-likeness (QED) is 0.563. The number of nitrogens with zero attached hydrogens (tertiary/aromatic N) is 2. The molecule has 0 radical (unpaired) electrons. The normalized spacial score (nSPS) is 14.9. The van der Waals surface area contributed by atoms with Crippen molar-refractivity contribution >= 4 is 0 Å². The van der Waals surface area contributed by atoms with Crippen LogP contribution in [0.2, 0.25) is 0 Å². The van der Waals surface area contributed by atoms with Crippen molar-refractivity contribution in [3.05, 3.63) is 71.8 Å². The van der Waals surface area contributed by atoms with Crippen LogP contribution in [0.3, 0.4) is 0 Å². The first-order valence-corrected chi connectivity index (χ1v) is 11.3. The van der Waals surface area contributed by atoms with Crippen molar-refractivity contribution < 1.29 is 0 Å². The first-order valence-electron chi connectivity index (χ1n) is 11.3. The van der Waals surface area contributed by atoms with E-state index in [1.165, 1.54) is 37.2 Å². The highest BCUT2D eigenvalue weighted by molar-refractivity contribution is 5.31. The Morgan fingerprint density at radius 1 is 0.679 bits per heavy atom. The average molecular weight is 383 g/mol. The van der Waals surface area contributed by atoms with E-state index < -0.39 is 0 Å². The Balaban J connectivity index is 0.000000921. The van der Waals surface area contributed by atoms with E-state index in [0.29, 0.717) is 6.04 Å². The molecule has 0 saturated carbocycles. The molecule has 2 aromatic carbocycles. The van der Waals surface area contributed by atoms with Gasteiger partial charge in [-0.25, -0.2) is 0 Å². The maximum Gasteiger partial charge on any atom is 0.0602 e. The number of benzene rings is 2. The SMILES string of the molecule is CC.CC.CC(C)CCN1CCN(C(c2ccccc2)c2ccccc2)CC1. The molecule has 0 spiro atoms. The molecule has 156 valence electrons. The molecule has 1 aliphatic heterocycles. The lowest BCUT2D eigenvalue weighted by molar-refractivity contribution is 0.106. The number of hydrogen-bond acceptors (Lipinski definition) is 2. The second-order valence-electron chi connectivity index (χ2n) is 7.28. The van der Waals surface area contributed by atoms with Crippen molar-refractivity contribution in [1.82, 2.24) is 9.80 Å². The summed E-state index contributed by atoms with van der Waals surface area (Å²) in [5.41, 5.74) is 2.80. The van der Waals surface area contributed by atoms with Gasteiger partial charge in [-0.2, -0.15) is 0 Å². The summed E-state index contributed by atoms with van der Waals surface area (Å²) in [7, 11) is 0. The van der Waals surface area contributed by atoms with Gasteiger partial charge in [-0.05, 0) is 30.0 Å². The van der Waals surface area contributed by atoms with Crippen molar-refractivity contribution in [2.45, 2.75) is 54.0 Å². The molecular weight excluding hydrogens is 340 g/mol. The smallest absolute Gasteiger partial charge is 0.0602 e. The van der Waals surface area contributed by atoms with Gasteiger partial charge in [0.2, 0.25) is 0 Å². The molecule has 2 aromatic rings. The van der Waals surface area contributed by atoms with Crippen LogP contribution in [-0.4, -0.2) is 42.5 Å². The third-order valence-corrected chi connectivity index (χ3v) is 5.03. The predicted octanol–water partition coefficient (Wildman–Crippen LogP) is 6.49. The van der Waals surface area contributed by atoms with Crippen LogP contribution in [0.1, 0.15) is 65.1 Å². The predicted molar refractivity (Wildman–Crippen MR) is 125 cm³/mol. The van der Waals surface area contributed by atoms with Gasteiger partial charge in [-0.1, -0.05) is 102 Å². The lowest BCUT2D eigenvalue weighted by atomic mass is 9.96. The number of piperazine rings is 1. The topological polar surface area (TPSA) is 6.48 Å². The van der Waals surface area contributed by atoms with Gasteiger partial charge in [0, 0.05) is 26.2 Å². The molecule has 1 heterocycles. The van der Waals surface area contributed by atoms with E-state index in [2.05, 4.69) is 84.3 Å². The fourth-order valence-corrected chi connectivity index (χ4v) is 3.57. The average Bonchev–Trinajstić information content (AvgIpc) is 2.78. The minimum absolute atomic E-state index is 0.375. The van der Waals surface area contributed by atoms with Crippen molar-refractivity contribution in [2.24, 2.45) is 5.92 Å². The standard InChI is InChI=1S/C22H30N2.2C2H6/c1-19(2)13-14-23-15-17-24(18-16-23)22(20-9-5-3-6-10-20)21-11-7-4-8-12-21;2*1-2/h3-12,19,22H,13-18H2,1-2H3;2*1-2H3. The van der Waals surface area contributed by atoms with Crippen LogP contribution in [0.15, 0.2) is 60.7 Å². The molecule has 2 nitrogen and oxygen atoms in total. The Kier molecular flexibility index (Phi) is 12.5. The third kappa shape index (κ3) is 7.77. The second-order valence-corrected chi connectivity index (χ2v) is 7.28. The Morgan fingerprint density at radius 3 is 1.50 bits per heavy atom. The van der Waals surface area contributed by atoms with Crippen LogP contribution in [0.4, 0.5) is 0 Å². The molecule has 0 amide bonds. The maximum absolute atomic E-state index is 2.65. The molecule has 2 heteroatoms. The Labute approximate surface area is 174 Å². The van der Waals surface area contributed by atoms with Crippen molar-refractivity contribution in [3.8, 4) is 0 Å². The Bertz CT molecular complexity index is 547. The third-order valence-electron chi connectivity index (χ3n) is 5.03.